The summed E-state index contributed by atoms with van der Waals surface area (Å²) in [5.41, 5.74) is -0.0106. The molecule has 0 bridgehead atoms. The third-order valence-electron chi connectivity index (χ3n) is 4.97. The van der Waals surface area contributed by atoms with Gasteiger partial charge in [0.1, 0.15) is 12.4 Å². The Kier molecular flexibility index (Phi) is 4.40. The summed E-state index contributed by atoms with van der Waals surface area (Å²) in [6.45, 7) is -0.0843. The van der Waals surface area contributed by atoms with E-state index in [0.29, 0.717) is 34.5 Å². The van der Waals surface area contributed by atoms with E-state index >= 15 is 0 Å². The fourth-order valence-electron chi connectivity index (χ4n) is 3.64. The number of ether oxygens (including phenoxy) is 3. The highest BCUT2D eigenvalue weighted by Crippen LogP contribution is 2.49. The minimum Gasteiger partial charge on any atom is -0.493 e. The molecule has 152 valence electrons. The molecule has 2 heterocycles. The van der Waals surface area contributed by atoms with E-state index < -0.39 is 29.4 Å². The molecule has 0 radical (unpaired) electrons. The highest BCUT2D eigenvalue weighted by Gasteiger charge is 2.41. The van der Waals surface area contributed by atoms with Crippen LogP contribution in [0.1, 0.15) is 22.6 Å². The van der Waals surface area contributed by atoms with E-state index in [1.165, 1.54) is 20.3 Å². The fourth-order valence-corrected chi connectivity index (χ4v) is 3.64. The number of carbonyl (C=O) groups is 1. The number of benzene rings is 2. The zero-order valence-electron chi connectivity index (χ0n) is 15.3. The van der Waals surface area contributed by atoms with E-state index in [1.807, 2.05) is 0 Å². The normalized spacial score (nSPS) is 18.0. The predicted molar refractivity (Wildman–Crippen MR) is 94.4 cm³/mol. The molecule has 0 unspecified atom stereocenters. The van der Waals surface area contributed by atoms with Crippen LogP contribution in [0.5, 0.6) is 11.5 Å². The van der Waals surface area contributed by atoms with E-state index in [4.69, 9.17) is 14.2 Å². The summed E-state index contributed by atoms with van der Waals surface area (Å²) in [5.74, 6) is -2.01. The van der Waals surface area contributed by atoms with E-state index in [9.17, 15) is 22.4 Å². The van der Waals surface area contributed by atoms with Gasteiger partial charge in [-0.2, -0.15) is 13.2 Å². The number of cyclic esters (lactones) is 1. The molecule has 9 heteroatoms. The summed E-state index contributed by atoms with van der Waals surface area (Å²) in [6.07, 6.45) is -4.66. The number of methoxy groups -OCH3 is 2. The average Bonchev–Trinajstić information content (AvgIpc) is 3.05. The van der Waals surface area contributed by atoms with Crippen LogP contribution in [0, 0.1) is 5.82 Å². The van der Waals surface area contributed by atoms with Gasteiger partial charge in [0, 0.05) is 23.2 Å². The van der Waals surface area contributed by atoms with Crippen LogP contribution in [0.4, 0.5) is 23.2 Å². The van der Waals surface area contributed by atoms with Gasteiger partial charge in [-0.25, -0.2) is 9.18 Å². The molecule has 0 saturated carbocycles. The fraction of sp³-hybridized carbons (Fsp3) is 0.250. The van der Waals surface area contributed by atoms with Crippen LogP contribution < -0.4 is 14.8 Å². The van der Waals surface area contributed by atoms with Gasteiger partial charge in [-0.1, -0.05) is 0 Å². The molecule has 0 aliphatic carbocycles. The molecule has 5 nitrogen and oxygen atoms in total. The van der Waals surface area contributed by atoms with Gasteiger partial charge in [-0.3, -0.25) is 0 Å². The Morgan fingerprint density at radius 1 is 1.07 bits per heavy atom. The van der Waals surface area contributed by atoms with Crippen LogP contribution in [0.25, 0.3) is 0 Å². The lowest BCUT2D eigenvalue weighted by molar-refractivity contribution is -0.137. The zero-order valence-corrected chi connectivity index (χ0v) is 15.3. The molecule has 29 heavy (non-hydrogen) atoms. The number of alkyl halides is 3. The van der Waals surface area contributed by atoms with Gasteiger partial charge in [0.2, 0.25) is 0 Å². The number of esters is 1. The van der Waals surface area contributed by atoms with E-state index in [-0.39, 0.29) is 17.7 Å². The van der Waals surface area contributed by atoms with E-state index in [0.717, 1.165) is 12.1 Å². The molecular weight excluding hydrogens is 394 g/mol. The van der Waals surface area contributed by atoms with Crippen molar-refractivity contribution in [2.24, 2.45) is 0 Å². The second-order valence-corrected chi connectivity index (χ2v) is 6.55. The molecule has 2 aliphatic rings. The maximum Gasteiger partial charge on any atom is 0.416 e. The molecule has 1 atom stereocenters. The van der Waals surface area contributed by atoms with Gasteiger partial charge in [0.15, 0.2) is 11.5 Å². The number of carbonyl (C=O) groups excluding carboxylic acids is 1. The molecule has 1 N–H and O–H groups in total. The van der Waals surface area contributed by atoms with Crippen molar-refractivity contribution in [3.05, 3.63) is 64.1 Å². The molecule has 2 aromatic carbocycles. The van der Waals surface area contributed by atoms with Crippen molar-refractivity contribution in [2.45, 2.75) is 12.1 Å². The molecule has 0 amide bonds. The van der Waals surface area contributed by atoms with E-state index in [2.05, 4.69) is 5.32 Å². The van der Waals surface area contributed by atoms with Crippen molar-refractivity contribution in [1.82, 2.24) is 0 Å². The first-order valence-corrected chi connectivity index (χ1v) is 8.54. The molecule has 2 aliphatic heterocycles. The summed E-state index contributed by atoms with van der Waals surface area (Å²) >= 11 is 0. The first kappa shape index (κ1) is 19.1. The van der Waals surface area contributed by atoms with Crippen molar-refractivity contribution in [2.75, 3.05) is 26.1 Å². The monoisotopic (exact) mass is 409 g/mol. The van der Waals surface area contributed by atoms with Gasteiger partial charge >= 0.3 is 12.1 Å². The summed E-state index contributed by atoms with van der Waals surface area (Å²) in [5, 5.41) is 3.03. The minimum absolute atomic E-state index is 0.0722. The van der Waals surface area contributed by atoms with Crippen LogP contribution >= 0.6 is 0 Å². The molecular formula is C20H15F4NO4. The third-order valence-corrected chi connectivity index (χ3v) is 4.97. The van der Waals surface area contributed by atoms with Crippen molar-refractivity contribution < 1.29 is 36.6 Å². The summed E-state index contributed by atoms with van der Waals surface area (Å²) in [6, 6.07) is 5.24. The van der Waals surface area contributed by atoms with Gasteiger partial charge < -0.3 is 19.5 Å². The molecule has 0 aromatic heterocycles. The topological polar surface area (TPSA) is 56.8 Å². The number of hydrogen-bond acceptors (Lipinski definition) is 5. The Labute approximate surface area is 162 Å². The number of hydrogen-bond donors (Lipinski definition) is 1. The van der Waals surface area contributed by atoms with Gasteiger partial charge in [0.05, 0.1) is 31.1 Å². The number of nitrogens with one attached hydrogen (secondary N) is 1. The Bertz CT molecular complexity index is 1050. The van der Waals surface area contributed by atoms with Gasteiger partial charge in [-0.15, -0.1) is 0 Å². The van der Waals surface area contributed by atoms with Crippen LogP contribution in [0.3, 0.4) is 0 Å². The van der Waals surface area contributed by atoms with Crippen molar-refractivity contribution in [3.63, 3.8) is 0 Å². The second-order valence-electron chi connectivity index (χ2n) is 6.55. The first-order valence-electron chi connectivity index (χ1n) is 8.54. The lowest BCUT2D eigenvalue weighted by Gasteiger charge is -2.29. The van der Waals surface area contributed by atoms with Crippen LogP contribution in [-0.2, 0) is 15.7 Å². The predicted octanol–water partition coefficient (Wildman–Crippen LogP) is 4.23. The van der Waals surface area contributed by atoms with Crippen LogP contribution in [-0.4, -0.2) is 26.8 Å². The Hall–Kier alpha value is -3.23. The van der Waals surface area contributed by atoms with Crippen LogP contribution in [0.2, 0.25) is 0 Å². The first-order chi connectivity index (χ1) is 13.7. The lowest BCUT2D eigenvalue weighted by atomic mass is 9.80. The largest absolute Gasteiger partial charge is 0.493 e. The number of rotatable bonds is 3. The second kappa shape index (κ2) is 6.68. The SMILES string of the molecule is COc1cc2c(cc1OC)[C@H](c1cc(C(F)(F)F)ccc1F)C1=C(COC1=O)N2. The quantitative estimate of drug-likeness (QED) is 0.608. The Morgan fingerprint density at radius 2 is 1.76 bits per heavy atom. The minimum atomic E-state index is -4.66. The maximum atomic E-state index is 14.7. The standard InChI is InChI=1S/C20H15F4NO4/c1-27-15-6-11-13(7-16(15)28-2)25-14-8-29-19(26)18(14)17(11)10-5-9(20(22,23)24)3-4-12(10)21/h3-7,17,25H,8H2,1-2H3/t17-/m0/s1. The van der Waals surface area contributed by atoms with Crippen molar-refractivity contribution in [3.8, 4) is 11.5 Å². The zero-order chi connectivity index (χ0) is 20.9. The van der Waals surface area contributed by atoms with Gasteiger partial charge in [-0.05, 0) is 29.8 Å². The highest BCUT2D eigenvalue weighted by atomic mass is 19.4. The Morgan fingerprint density at radius 3 is 2.41 bits per heavy atom. The summed E-state index contributed by atoms with van der Waals surface area (Å²) < 4.78 is 70.1. The smallest absolute Gasteiger partial charge is 0.416 e. The number of fused-ring (bicyclic) bond motifs is 1. The molecule has 0 fully saturated rings. The van der Waals surface area contributed by atoms with Gasteiger partial charge in [0.25, 0.3) is 0 Å². The Balaban J connectivity index is 1.98. The van der Waals surface area contributed by atoms with E-state index in [1.54, 1.807) is 6.07 Å². The van der Waals surface area contributed by atoms with Crippen molar-refractivity contribution in [1.29, 1.82) is 0 Å². The average molecular weight is 409 g/mol. The lowest BCUT2D eigenvalue weighted by Crippen LogP contribution is -2.21. The summed E-state index contributed by atoms with van der Waals surface area (Å²) in [7, 11) is 2.83. The molecule has 0 spiro atoms. The molecule has 2 aromatic rings. The number of halogens is 4. The highest BCUT2D eigenvalue weighted by molar-refractivity contribution is 5.97. The molecule has 0 saturated heterocycles. The number of anilines is 1. The van der Waals surface area contributed by atoms with Crippen LogP contribution in [0.15, 0.2) is 41.6 Å². The molecule has 4 rings (SSSR count). The van der Waals surface area contributed by atoms with Crippen molar-refractivity contribution >= 4 is 11.7 Å². The summed E-state index contributed by atoms with van der Waals surface area (Å²) in [4.78, 5) is 12.4. The maximum absolute atomic E-state index is 14.7. The third kappa shape index (κ3) is 3.06.